The smallest absolute Gasteiger partial charge is 0.323 e. The van der Waals surface area contributed by atoms with E-state index >= 15 is 0 Å². The molecule has 1 aliphatic rings. The average Bonchev–Trinajstić information content (AvgIpc) is 2.27. The summed E-state index contributed by atoms with van der Waals surface area (Å²) in [6, 6.07) is 0.0326. The summed E-state index contributed by atoms with van der Waals surface area (Å²) < 4.78 is 5.11. The lowest BCUT2D eigenvalue weighted by Gasteiger charge is -2.33. The molecule has 0 aromatic rings. The van der Waals surface area contributed by atoms with Crippen molar-refractivity contribution in [1.82, 2.24) is 4.90 Å². The third-order valence-electron chi connectivity index (χ3n) is 2.97. The summed E-state index contributed by atoms with van der Waals surface area (Å²) in [6.07, 6.45) is 5.72. The molecule has 0 aromatic carbocycles. The van der Waals surface area contributed by atoms with Gasteiger partial charge in [0.15, 0.2) is 0 Å². The molecule has 1 rings (SSSR count). The van der Waals surface area contributed by atoms with Crippen LogP contribution in [-0.4, -0.2) is 36.6 Å². The van der Waals surface area contributed by atoms with E-state index in [9.17, 15) is 4.79 Å². The van der Waals surface area contributed by atoms with E-state index in [1.54, 1.807) is 0 Å². The van der Waals surface area contributed by atoms with Crippen molar-refractivity contribution in [2.75, 3.05) is 19.7 Å². The molecular formula is C12H23NO2. The zero-order valence-corrected chi connectivity index (χ0v) is 10.00. The van der Waals surface area contributed by atoms with Crippen LogP contribution in [0.1, 0.15) is 46.0 Å². The van der Waals surface area contributed by atoms with Gasteiger partial charge in [-0.05, 0) is 39.3 Å². The molecule has 1 heterocycles. The lowest BCUT2D eigenvalue weighted by Crippen LogP contribution is -2.45. The van der Waals surface area contributed by atoms with E-state index in [2.05, 4.69) is 11.8 Å². The Bertz CT molecular complexity index is 194. The fourth-order valence-electron chi connectivity index (χ4n) is 2.13. The number of nitrogens with zero attached hydrogens (tertiary/aromatic N) is 1. The van der Waals surface area contributed by atoms with Gasteiger partial charge >= 0.3 is 5.97 Å². The molecule has 1 aliphatic heterocycles. The first-order valence-electron chi connectivity index (χ1n) is 6.20. The van der Waals surface area contributed by atoms with Crippen LogP contribution in [0.15, 0.2) is 0 Å². The fraction of sp³-hybridized carbons (Fsp3) is 0.917. The van der Waals surface area contributed by atoms with E-state index in [0.29, 0.717) is 6.61 Å². The van der Waals surface area contributed by atoms with Gasteiger partial charge in [-0.25, -0.2) is 0 Å². The SMILES string of the molecule is CCCCN1CCCC[C@@H]1C(=O)OCC. The Hall–Kier alpha value is -0.570. The van der Waals surface area contributed by atoms with Gasteiger partial charge in [0.1, 0.15) is 6.04 Å². The summed E-state index contributed by atoms with van der Waals surface area (Å²) >= 11 is 0. The fourth-order valence-corrected chi connectivity index (χ4v) is 2.13. The molecule has 1 atom stereocenters. The lowest BCUT2D eigenvalue weighted by molar-refractivity contribution is -0.150. The van der Waals surface area contributed by atoms with Gasteiger partial charge in [-0.15, -0.1) is 0 Å². The zero-order chi connectivity index (χ0) is 11.1. The van der Waals surface area contributed by atoms with Crippen molar-refractivity contribution < 1.29 is 9.53 Å². The highest BCUT2D eigenvalue weighted by atomic mass is 16.5. The molecule has 0 saturated carbocycles. The minimum Gasteiger partial charge on any atom is -0.465 e. The second kappa shape index (κ2) is 6.83. The highest BCUT2D eigenvalue weighted by Gasteiger charge is 2.28. The van der Waals surface area contributed by atoms with E-state index < -0.39 is 0 Å². The number of ether oxygens (including phenoxy) is 1. The number of piperidine rings is 1. The summed E-state index contributed by atoms with van der Waals surface area (Å²) in [5.41, 5.74) is 0. The normalized spacial score (nSPS) is 22.7. The molecule has 88 valence electrons. The monoisotopic (exact) mass is 213 g/mol. The Labute approximate surface area is 92.8 Å². The summed E-state index contributed by atoms with van der Waals surface area (Å²) in [6.45, 7) is 6.65. The number of carbonyl (C=O) groups excluding carboxylic acids is 1. The van der Waals surface area contributed by atoms with Gasteiger partial charge in [-0.1, -0.05) is 19.8 Å². The molecule has 15 heavy (non-hydrogen) atoms. The Morgan fingerprint density at radius 1 is 1.40 bits per heavy atom. The van der Waals surface area contributed by atoms with Gasteiger partial charge in [-0.3, -0.25) is 9.69 Å². The molecule has 0 spiro atoms. The van der Waals surface area contributed by atoms with E-state index in [0.717, 1.165) is 25.9 Å². The molecule has 3 heteroatoms. The van der Waals surface area contributed by atoms with Crippen LogP contribution in [0.25, 0.3) is 0 Å². The molecule has 0 aromatic heterocycles. The molecule has 0 N–H and O–H groups in total. The average molecular weight is 213 g/mol. The first-order chi connectivity index (χ1) is 7.29. The summed E-state index contributed by atoms with van der Waals surface area (Å²) in [7, 11) is 0. The number of carbonyl (C=O) groups is 1. The van der Waals surface area contributed by atoms with Crippen LogP contribution in [0.4, 0.5) is 0 Å². The summed E-state index contributed by atoms with van der Waals surface area (Å²) in [5.74, 6) is -0.0201. The third-order valence-corrected chi connectivity index (χ3v) is 2.97. The molecular weight excluding hydrogens is 190 g/mol. The van der Waals surface area contributed by atoms with Crippen LogP contribution in [0, 0.1) is 0 Å². The molecule has 0 unspecified atom stereocenters. The van der Waals surface area contributed by atoms with Crippen molar-refractivity contribution in [2.24, 2.45) is 0 Å². The quantitative estimate of drug-likeness (QED) is 0.656. The number of likely N-dealkylation sites (tertiary alicyclic amines) is 1. The van der Waals surface area contributed by atoms with Crippen molar-refractivity contribution in [3.63, 3.8) is 0 Å². The molecule has 1 saturated heterocycles. The van der Waals surface area contributed by atoms with Crippen LogP contribution in [0.2, 0.25) is 0 Å². The van der Waals surface area contributed by atoms with Crippen molar-refractivity contribution in [3.05, 3.63) is 0 Å². The van der Waals surface area contributed by atoms with Crippen molar-refractivity contribution in [1.29, 1.82) is 0 Å². The van der Waals surface area contributed by atoms with Gasteiger partial charge in [0.25, 0.3) is 0 Å². The highest BCUT2D eigenvalue weighted by Crippen LogP contribution is 2.18. The van der Waals surface area contributed by atoms with Crippen LogP contribution in [0.5, 0.6) is 0 Å². The van der Waals surface area contributed by atoms with Gasteiger partial charge in [0.2, 0.25) is 0 Å². The Morgan fingerprint density at radius 2 is 2.20 bits per heavy atom. The van der Waals surface area contributed by atoms with E-state index in [4.69, 9.17) is 4.74 Å². The van der Waals surface area contributed by atoms with E-state index in [1.165, 1.54) is 19.3 Å². The largest absolute Gasteiger partial charge is 0.465 e. The third kappa shape index (κ3) is 3.82. The van der Waals surface area contributed by atoms with Crippen LogP contribution in [-0.2, 0) is 9.53 Å². The zero-order valence-electron chi connectivity index (χ0n) is 10.00. The Morgan fingerprint density at radius 3 is 2.87 bits per heavy atom. The van der Waals surface area contributed by atoms with Crippen molar-refractivity contribution >= 4 is 5.97 Å². The molecule has 3 nitrogen and oxygen atoms in total. The lowest BCUT2D eigenvalue weighted by atomic mass is 10.0. The minimum atomic E-state index is -0.0201. The van der Waals surface area contributed by atoms with Gasteiger partial charge in [0.05, 0.1) is 6.61 Å². The van der Waals surface area contributed by atoms with Gasteiger partial charge in [0, 0.05) is 0 Å². The maximum atomic E-state index is 11.7. The minimum absolute atomic E-state index is 0.0201. The van der Waals surface area contributed by atoms with E-state index in [-0.39, 0.29) is 12.0 Å². The Balaban J connectivity index is 2.45. The molecule has 0 aliphatic carbocycles. The molecule has 0 amide bonds. The maximum absolute atomic E-state index is 11.7. The first-order valence-corrected chi connectivity index (χ1v) is 6.20. The summed E-state index contributed by atoms with van der Waals surface area (Å²) in [4.78, 5) is 14.0. The van der Waals surface area contributed by atoms with Crippen LogP contribution >= 0.6 is 0 Å². The number of unbranched alkanes of at least 4 members (excludes halogenated alkanes) is 1. The van der Waals surface area contributed by atoms with Crippen molar-refractivity contribution in [3.8, 4) is 0 Å². The number of esters is 1. The number of hydrogen-bond donors (Lipinski definition) is 0. The molecule has 1 fully saturated rings. The second-order valence-electron chi connectivity index (χ2n) is 4.15. The topological polar surface area (TPSA) is 29.5 Å². The predicted molar refractivity (Wildman–Crippen MR) is 60.8 cm³/mol. The standard InChI is InChI=1S/C12H23NO2/c1-3-5-9-13-10-7-6-8-11(13)12(14)15-4-2/h11H,3-10H2,1-2H3/t11-/m1/s1. The predicted octanol–water partition coefficient (Wildman–Crippen LogP) is 2.20. The summed E-state index contributed by atoms with van der Waals surface area (Å²) in [5, 5.41) is 0. The second-order valence-corrected chi connectivity index (χ2v) is 4.15. The van der Waals surface area contributed by atoms with Gasteiger partial charge < -0.3 is 4.74 Å². The Kier molecular flexibility index (Phi) is 5.69. The van der Waals surface area contributed by atoms with Crippen molar-refractivity contribution in [2.45, 2.75) is 52.0 Å². The molecule has 0 radical (unpaired) electrons. The first kappa shape index (κ1) is 12.5. The number of hydrogen-bond acceptors (Lipinski definition) is 3. The highest BCUT2D eigenvalue weighted by molar-refractivity contribution is 5.75. The number of rotatable bonds is 5. The van der Waals surface area contributed by atoms with Crippen LogP contribution < -0.4 is 0 Å². The van der Waals surface area contributed by atoms with Gasteiger partial charge in [-0.2, -0.15) is 0 Å². The van der Waals surface area contributed by atoms with E-state index in [1.807, 2.05) is 6.92 Å². The maximum Gasteiger partial charge on any atom is 0.323 e. The molecule has 0 bridgehead atoms. The van der Waals surface area contributed by atoms with Crippen LogP contribution in [0.3, 0.4) is 0 Å².